The molecule has 15 nitrogen and oxygen atoms in total. The largest absolute Gasteiger partial charge is 0.524 e. The standard InChI is InChI=1S/C22H25F2N3O12P2/c23-22(24,40(33,34)35)14-5-1-12(2-6-14)9-16(20(25)31)27-21(32)17(11-19(29)30)26-18(28)10-13-3-7-15(8-4-13)39-41(36,37)38/h1-8,16-17H,9-11H2,(H2,25,31)(H,26,28)(H,27,32)(H,29,30)(H2,33,34,35)(H2,36,37,38). The number of nitrogens with two attached hydrogens (primary N) is 1. The number of hydrogen-bond donors (Lipinski definition) is 8. The predicted molar refractivity (Wildman–Crippen MR) is 134 cm³/mol. The first-order chi connectivity index (χ1) is 18.8. The van der Waals surface area contributed by atoms with E-state index in [1.807, 2.05) is 0 Å². The maximum atomic E-state index is 13.9. The quantitative estimate of drug-likeness (QED) is 0.130. The van der Waals surface area contributed by atoms with Crippen molar-refractivity contribution in [2.45, 2.75) is 37.0 Å². The van der Waals surface area contributed by atoms with Gasteiger partial charge in [0.2, 0.25) is 17.7 Å². The number of phosphoric acid groups is 1. The SMILES string of the molecule is NC(=O)C(Cc1ccc(C(F)(F)P(=O)(O)O)cc1)NC(=O)C(CC(=O)O)NC(=O)Cc1ccc(OP(=O)(O)O)cc1. The number of phosphoric ester groups is 1. The molecule has 2 aromatic rings. The second-order valence-corrected chi connectivity index (χ2v) is 11.4. The fraction of sp³-hybridized carbons (Fsp3) is 0.273. The Morgan fingerprint density at radius 2 is 1.41 bits per heavy atom. The highest BCUT2D eigenvalue weighted by Crippen LogP contribution is 2.59. The summed E-state index contributed by atoms with van der Waals surface area (Å²) in [5.41, 5.74) is 0.285. The first kappa shape index (κ1) is 33.5. The lowest BCUT2D eigenvalue weighted by molar-refractivity contribution is -0.140. The molecular weight excluding hydrogens is 598 g/mol. The van der Waals surface area contributed by atoms with Crippen molar-refractivity contribution in [3.8, 4) is 5.75 Å². The van der Waals surface area contributed by atoms with Crippen LogP contribution in [0.3, 0.4) is 0 Å². The summed E-state index contributed by atoms with van der Waals surface area (Å²) in [6.07, 6.45) is -1.66. The lowest BCUT2D eigenvalue weighted by Crippen LogP contribution is -2.54. The van der Waals surface area contributed by atoms with E-state index in [1.54, 1.807) is 0 Å². The van der Waals surface area contributed by atoms with E-state index in [2.05, 4.69) is 15.2 Å². The number of nitrogens with one attached hydrogen (secondary N) is 2. The Kier molecular flexibility index (Phi) is 10.9. The van der Waals surface area contributed by atoms with E-state index < -0.39 is 68.8 Å². The van der Waals surface area contributed by atoms with E-state index in [0.717, 1.165) is 12.1 Å². The molecule has 0 aliphatic heterocycles. The molecule has 2 unspecified atom stereocenters. The van der Waals surface area contributed by atoms with Gasteiger partial charge in [-0.05, 0) is 23.3 Å². The summed E-state index contributed by atoms with van der Waals surface area (Å²) in [5, 5.41) is 13.6. The van der Waals surface area contributed by atoms with Crippen LogP contribution < -0.4 is 20.9 Å². The first-order valence-electron chi connectivity index (χ1n) is 11.3. The van der Waals surface area contributed by atoms with E-state index in [4.69, 9.17) is 30.4 Å². The third-order valence-electron chi connectivity index (χ3n) is 5.31. The highest BCUT2D eigenvalue weighted by Gasteiger charge is 2.50. The molecule has 0 saturated carbocycles. The number of aliphatic carboxylic acids is 1. The molecule has 0 saturated heterocycles. The predicted octanol–water partition coefficient (Wildman–Crippen LogP) is 0.0999. The highest BCUT2D eigenvalue weighted by molar-refractivity contribution is 7.52. The van der Waals surface area contributed by atoms with Crippen molar-refractivity contribution >= 4 is 39.1 Å². The number of carbonyl (C=O) groups is 4. The van der Waals surface area contributed by atoms with E-state index >= 15 is 0 Å². The van der Waals surface area contributed by atoms with Crippen molar-refractivity contribution < 1.29 is 66.3 Å². The van der Waals surface area contributed by atoms with Crippen molar-refractivity contribution in [1.82, 2.24) is 10.6 Å². The number of primary amides is 1. The molecule has 2 rings (SSSR count). The maximum absolute atomic E-state index is 13.9. The number of carboxylic acid groups (broad SMARTS) is 1. The van der Waals surface area contributed by atoms with Gasteiger partial charge in [0.1, 0.15) is 17.8 Å². The lowest BCUT2D eigenvalue weighted by atomic mass is 10.0. The van der Waals surface area contributed by atoms with Gasteiger partial charge in [0, 0.05) is 12.0 Å². The van der Waals surface area contributed by atoms with E-state index in [9.17, 15) is 37.1 Å². The molecule has 0 fully saturated rings. The molecule has 19 heteroatoms. The minimum Gasteiger partial charge on any atom is -0.481 e. The first-order valence-corrected chi connectivity index (χ1v) is 14.4. The highest BCUT2D eigenvalue weighted by atomic mass is 31.2. The Morgan fingerprint density at radius 1 is 0.878 bits per heavy atom. The average molecular weight is 623 g/mol. The number of halogens is 2. The summed E-state index contributed by atoms with van der Waals surface area (Å²) < 4.78 is 54.0. The van der Waals surface area contributed by atoms with Gasteiger partial charge in [-0.2, -0.15) is 8.78 Å². The number of alkyl halides is 2. The molecule has 0 heterocycles. The molecule has 3 amide bonds. The summed E-state index contributed by atoms with van der Waals surface area (Å²) in [4.78, 5) is 83.8. The number of benzene rings is 2. The van der Waals surface area contributed by atoms with Crippen LogP contribution in [0.4, 0.5) is 8.78 Å². The van der Waals surface area contributed by atoms with Crippen LogP contribution in [0.25, 0.3) is 0 Å². The van der Waals surface area contributed by atoms with Gasteiger partial charge in [0.25, 0.3) is 0 Å². The number of rotatable bonds is 14. The zero-order chi connectivity index (χ0) is 31.2. The molecule has 41 heavy (non-hydrogen) atoms. The Labute approximate surface area is 230 Å². The Bertz CT molecular complexity index is 1380. The minimum absolute atomic E-state index is 0.143. The van der Waals surface area contributed by atoms with Crippen LogP contribution in [0.2, 0.25) is 0 Å². The van der Waals surface area contributed by atoms with E-state index in [1.165, 1.54) is 24.3 Å². The number of carbonyl (C=O) groups excluding carboxylic acids is 3. The van der Waals surface area contributed by atoms with Crippen LogP contribution in [0.1, 0.15) is 23.1 Å². The molecule has 0 spiro atoms. The van der Waals surface area contributed by atoms with Gasteiger partial charge in [-0.15, -0.1) is 0 Å². The van der Waals surface area contributed by atoms with Crippen molar-refractivity contribution in [1.29, 1.82) is 0 Å². The molecule has 0 aliphatic carbocycles. The monoisotopic (exact) mass is 623 g/mol. The molecule has 9 N–H and O–H groups in total. The van der Waals surface area contributed by atoms with Crippen molar-refractivity contribution in [3.63, 3.8) is 0 Å². The molecule has 0 bridgehead atoms. The fourth-order valence-corrected chi connectivity index (χ4v) is 4.24. The molecular formula is C22H25F2N3O12P2. The van der Waals surface area contributed by atoms with Crippen LogP contribution in [0.5, 0.6) is 5.75 Å². The van der Waals surface area contributed by atoms with Crippen molar-refractivity contribution in [3.05, 3.63) is 65.2 Å². The van der Waals surface area contributed by atoms with E-state index in [0.29, 0.717) is 17.7 Å². The smallest absolute Gasteiger partial charge is 0.481 e. The topological polar surface area (TPSA) is 263 Å². The molecule has 0 aromatic heterocycles. The Morgan fingerprint density at radius 3 is 1.88 bits per heavy atom. The van der Waals surface area contributed by atoms with Crippen LogP contribution >= 0.6 is 15.4 Å². The second-order valence-electron chi connectivity index (χ2n) is 8.57. The van der Waals surface area contributed by atoms with Gasteiger partial charge < -0.3 is 35.8 Å². The molecule has 2 atom stereocenters. The zero-order valence-corrected chi connectivity index (χ0v) is 22.5. The minimum atomic E-state index is -5.82. The Hall–Kier alpha value is -3.72. The number of amides is 3. The summed E-state index contributed by atoms with van der Waals surface area (Å²) in [5.74, 6) is -4.71. The van der Waals surface area contributed by atoms with Gasteiger partial charge >= 0.3 is 27.1 Å². The van der Waals surface area contributed by atoms with Crippen LogP contribution in [0.15, 0.2) is 48.5 Å². The van der Waals surface area contributed by atoms with Gasteiger partial charge in [-0.25, -0.2) is 4.57 Å². The lowest BCUT2D eigenvalue weighted by Gasteiger charge is -2.22. The van der Waals surface area contributed by atoms with Gasteiger partial charge in [-0.1, -0.05) is 36.4 Å². The third-order valence-corrected chi connectivity index (χ3v) is 6.75. The molecule has 0 radical (unpaired) electrons. The Balaban J connectivity index is 2.10. The van der Waals surface area contributed by atoms with Crippen molar-refractivity contribution in [2.75, 3.05) is 0 Å². The number of hydrogen-bond acceptors (Lipinski definition) is 7. The summed E-state index contributed by atoms with van der Waals surface area (Å²) in [6, 6.07) is 5.22. The zero-order valence-electron chi connectivity index (χ0n) is 20.7. The second kappa shape index (κ2) is 13.3. The molecule has 2 aromatic carbocycles. The average Bonchev–Trinajstić information content (AvgIpc) is 2.82. The van der Waals surface area contributed by atoms with Crippen LogP contribution in [0, 0.1) is 0 Å². The summed E-state index contributed by atoms with van der Waals surface area (Å²) in [6.45, 7) is 0. The normalized spacial score (nSPS) is 13.5. The van der Waals surface area contributed by atoms with Gasteiger partial charge in [0.05, 0.1) is 12.8 Å². The van der Waals surface area contributed by atoms with Crippen LogP contribution in [-0.4, -0.2) is 60.5 Å². The third kappa shape index (κ3) is 10.3. The van der Waals surface area contributed by atoms with E-state index in [-0.39, 0.29) is 24.2 Å². The van der Waals surface area contributed by atoms with Crippen molar-refractivity contribution in [2.24, 2.45) is 5.73 Å². The maximum Gasteiger partial charge on any atom is 0.524 e. The summed E-state index contributed by atoms with van der Waals surface area (Å²) in [7, 11) is -10.6. The number of carboxylic acids is 1. The van der Waals surface area contributed by atoms with Crippen LogP contribution in [-0.2, 0) is 46.8 Å². The summed E-state index contributed by atoms with van der Waals surface area (Å²) >= 11 is 0. The van der Waals surface area contributed by atoms with Gasteiger partial charge in [-0.3, -0.25) is 33.5 Å². The molecule has 224 valence electrons. The van der Waals surface area contributed by atoms with Gasteiger partial charge in [0.15, 0.2) is 0 Å². The fourth-order valence-electron chi connectivity index (χ4n) is 3.36. The molecule has 0 aliphatic rings.